The maximum atomic E-state index is 12.1. The van der Waals surface area contributed by atoms with Crippen molar-refractivity contribution in [3.63, 3.8) is 0 Å². The molecule has 0 rings (SSSR count). The number of guanidine groups is 1. The lowest BCUT2D eigenvalue weighted by atomic mass is 10.2. The monoisotopic (exact) mass is 300 g/mol. The summed E-state index contributed by atoms with van der Waals surface area (Å²) in [5, 5.41) is 3.05. The highest BCUT2D eigenvalue weighted by atomic mass is 16.6. The van der Waals surface area contributed by atoms with Gasteiger partial charge in [-0.15, -0.1) is 0 Å². The second kappa shape index (κ2) is 9.47. The highest BCUT2D eigenvalue weighted by molar-refractivity contribution is 5.77. The minimum atomic E-state index is -0.473. The second-order valence-electron chi connectivity index (χ2n) is 6.31. The number of rotatable bonds is 7. The standard InChI is InChI=1S/C15H32N4O2/c1-7-9-17-13(16)18-10-8-11-19(12(2)3)14(20)21-15(4,5)6/h12H,7-11H2,1-6H3,(H3,16,17,18). The molecule has 0 saturated heterocycles. The van der Waals surface area contributed by atoms with E-state index in [1.807, 2.05) is 34.6 Å². The lowest BCUT2D eigenvalue weighted by Crippen LogP contribution is -2.42. The molecule has 3 N–H and O–H groups in total. The van der Waals surface area contributed by atoms with E-state index in [0.29, 0.717) is 19.0 Å². The number of carbonyl (C=O) groups excluding carboxylic acids is 1. The van der Waals surface area contributed by atoms with Crippen LogP contribution in [0.25, 0.3) is 0 Å². The molecule has 0 spiro atoms. The highest BCUT2D eigenvalue weighted by Crippen LogP contribution is 2.12. The van der Waals surface area contributed by atoms with E-state index in [1.165, 1.54) is 0 Å². The quantitative estimate of drug-likeness (QED) is 0.429. The Morgan fingerprint density at radius 3 is 2.48 bits per heavy atom. The maximum Gasteiger partial charge on any atom is 0.410 e. The Balaban J connectivity index is 4.20. The molecule has 6 nitrogen and oxygen atoms in total. The Hall–Kier alpha value is -1.46. The number of nitrogens with one attached hydrogen (secondary N) is 1. The lowest BCUT2D eigenvalue weighted by Gasteiger charge is -2.30. The molecule has 1 amide bonds. The van der Waals surface area contributed by atoms with Gasteiger partial charge in [-0.1, -0.05) is 6.92 Å². The number of nitrogens with two attached hydrogens (primary N) is 1. The minimum absolute atomic E-state index is 0.103. The molecule has 0 unspecified atom stereocenters. The van der Waals surface area contributed by atoms with Gasteiger partial charge in [0.05, 0.1) is 0 Å². The number of ether oxygens (including phenoxy) is 1. The Morgan fingerprint density at radius 2 is 2.00 bits per heavy atom. The van der Waals surface area contributed by atoms with E-state index in [1.54, 1.807) is 4.90 Å². The number of hydrogen-bond donors (Lipinski definition) is 2. The predicted octanol–water partition coefficient (Wildman–Crippen LogP) is 2.34. The van der Waals surface area contributed by atoms with E-state index in [9.17, 15) is 4.79 Å². The van der Waals surface area contributed by atoms with Gasteiger partial charge in [0.15, 0.2) is 5.96 Å². The average molecular weight is 300 g/mol. The minimum Gasteiger partial charge on any atom is -0.444 e. The Kier molecular flexibility index (Phi) is 8.81. The SMILES string of the molecule is CCCN=C(N)NCCCN(C(=O)OC(C)(C)C)C(C)C. The maximum absolute atomic E-state index is 12.1. The first-order valence-corrected chi connectivity index (χ1v) is 7.70. The van der Waals surface area contributed by atoms with Gasteiger partial charge in [-0.05, 0) is 47.5 Å². The van der Waals surface area contributed by atoms with Crippen LogP contribution in [0.3, 0.4) is 0 Å². The molecular formula is C15H32N4O2. The fourth-order valence-electron chi connectivity index (χ4n) is 1.63. The molecule has 0 fully saturated rings. The van der Waals surface area contributed by atoms with Crippen LogP contribution in [0.1, 0.15) is 54.4 Å². The summed E-state index contributed by atoms with van der Waals surface area (Å²) >= 11 is 0. The molecule has 0 atom stereocenters. The van der Waals surface area contributed by atoms with Crippen LogP contribution in [0.15, 0.2) is 4.99 Å². The van der Waals surface area contributed by atoms with E-state index in [2.05, 4.69) is 17.2 Å². The summed E-state index contributed by atoms with van der Waals surface area (Å²) < 4.78 is 5.41. The van der Waals surface area contributed by atoms with Crippen LogP contribution in [0.2, 0.25) is 0 Å². The highest BCUT2D eigenvalue weighted by Gasteiger charge is 2.23. The van der Waals surface area contributed by atoms with Crippen molar-refractivity contribution >= 4 is 12.1 Å². The molecule has 0 bridgehead atoms. The summed E-state index contributed by atoms with van der Waals surface area (Å²) in [5.41, 5.74) is 5.24. The molecule has 0 aromatic rings. The van der Waals surface area contributed by atoms with Gasteiger partial charge >= 0.3 is 6.09 Å². The first-order valence-electron chi connectivity index (χ1n) is 7.70. The molecule has 0 radical (unpaired) electrons. The second-order valence-corrected chi connectivity index (χ2v) is 6.31. The summed E-state index contributed by atoms with van der Waals surface area (Å²) in [6, 6.07) is 0.103. The van der Waals surface area contributed by atoms with Crippen LogP contribution in [0.4, 0.5) is 4.79 Å². The van der Waals surface area contributed by atoms with Gasteiger partial charge in [0.1, 0.15) is 5.60 Å². The molecular weight excluding hydrogens is 268 g/mol. The molecule has 0 aromatic carbocycles. The zero-order valence-corrected chi connectivity index (χ0v) is 14.4. The largest absolute Gasteiger partial charge is 0.444 e. The number of amides is 1. The first-order chi connectivity index (χ1) is 9.67. The summed E-state index contributed by atoms with van der Waals surface area (Å²) in [6.45, 7) is 13.7. The van der Waals surface area contributed by atoms with Crippen LogP contribution < -0.4 is 11.1 Å². The van der Waals surface area contributed by atoms with Crippen molar-refractivity contribution < 1.29 is 9.53 Å². The number of carbonyl (C=O) groups is 1. The zero-order valence-electron chi connectivity index (χ0n) is 14.4. The fourth-order valence-corrected chi connectivity index (χ4v) is 1.63. The van der Waals surface area contributed by atoms with Crippen molar-refractivity contribution in [1.82, 2.24) is 10.2 Å². The van der Waals surface area contributed by atoms with E-state index >= 15 is 0 Å². The van der Waals surface area contributed by atoms with Gasteiger partial charge in [0, 0.05) is 25.7 Å². The number of hydrogen-bond acceptors (Lipinski definition) is 3. The molecule has 0 heterocycles. The van der Waals surface area contributed by atoms with Gasteiger partial charge < -0.3 is 20.7 Å². The van der Waals surface area contributed by atoms with Crippen LogP contribution in [-0.2, 0) is 4.74 Å². The summed E-state index contributed by atoms with van der Waals surface area (Å²) in [7, 11) is 0. The van der Waals surface area contributed by atoms with Gasteiger partial charge in [-0.3, -0.25) is 4.99 Å². The average Bonchev–Trinajstić information content (AvgIpc) is 2.33. The van der Waals surface area contributed by atoms with Crippen molar-refractivity contribution in [3.05, 3.63) is 0 Å². The van der Waals surface area contributed by atoms with Crippen molar-refractivity contribution in [2.75, 3.05) is 19.6 Å². The molecule has 124 valence electrons. The summed E-state index contributed by atoms with van der Waals surface area (Å²) in [4.78, 5) is 18.0. The third kappa shape index (κ3) is 9.98. The zero-order chi connectivity index (χ0) is 16.5. The van der Waals surface area contributed by atoms with Crippen LogP contribution in [0, 0.1) is 0 Å². The summed E-state index contributed by atoms with van der Waals surface area (Å²) in [6.07, 6.45) is 1.49. The van der Waals surface area contributed by atoms with Crippen molar-refractivity contribution in [2.24, 2.45) is 10.7 Å². The lowest BCUT2D eigenvalue weighted by molar-refractivity contribution is 0.0190. The van der Waals surface area contributed by atoms with E-state index < -0.39 is 5.60 Å². The topological polar surface area (TPSA) is 80.0 Å². The third-order valence-electron chi connectivity index (χ3n) is 2.64. The van der Waals surface area contributed by atoms with Gasteiger partial charge in [0.2, 0.25) is 0 Å². The first kappa shape index (κ1) is 19.5. The van der Waals surface area contributed by atoms with Gasteiger partial charge in [0.25, 0.3) is 0 Å². The number of nitrogens with zero attached hydrogens (tertiary/aromatic N) is 2. The Bertz CT molecular complexity index is 335. The smallest absolute Gasteiger partial charge is 0.410 e. The van der Waals surface area contributed by atoms with Crippen molar-refractivity contribution in [2.45, 2.75) is 66.0 Å². The van der Waals surface area contributed by atoms with E-state index in [-0.39, 0.29) is 12.1 Å². The van der Waals surface area contributed by atoms with Crippen LogP contribution in [0.5, 0.6) is 0 Å². The Morgan fingerprint density at radius 1 is 1.38 bits per heavy atom. The van der Waals surface area contributed by atoms with E-state index in [0.717, 1.165) is 19.4 Å². The molecule has 0 aromatic heterocycles. The van der Waals surface area contributed by atoms with Crippen molar-refractivity contribution in [1.29, 1.82) is 0 Å². The summed E-state index contributed by atoms with van der Waals surface area (Å²) in [5.74, 6) is 0.463. The predicted molar refractivity (Wildman–Crippen MR) is 87.5 cm³/mol. The van der Waals surface area contributed by atoms with Crippen LogP contribution in [-0.4, -0.2) is 48.2 Å². The van der Waals surface area contributed by atoms with Gasteiger partial charge in [-0.2, -0.15) is 0 Å². The molecule has 6 heteroatoms. The molecule has 21 heavy (non-hydrogen) atoms. The number of aliphatic imine (C=N–C) groups is 1. The van der Waals surface area contributed by atoms with E-state index in [4.69, 9.17) is 10.5 Å². The molecule has 0 aliphatic carbocycles. The van der Waals surface area contributed by atoms with Crippen molar-refractivity contribution in [3.8, 4) is 0 Å². The fraction of sp³-hybridized carbons (Fsp3) is 0.867. The Labute approximate surface area is 129 Å². The third-order valence-corrected chi connectivity index (χ3v) is 2.64. The molecule has 0 saturated carbocycles. The molecule has 0 aliphatic heterocycles. The van der Waals surface area contributed by atoms with Gasteiger partial charge in [-0.25, -0.2) is 4.79 Å². The normalized spacial score (nSPS) is 12.4. The van der Waals surface area contributed by atoms with Crippen LogP contribution >= 0.6 is 0 Å². The molecule has 0 aliphatic rings.